The predicted octanol–water partition coefficient (Wildman–Crippen LogP) is 2.31. The molecule has 0 spiro atoms. The number of nitrogens with zero attached hydrogens (tertiary/aromatic N) is 4. The van der Waals surface area contributed by atoms with Crippen LogP contribution in [-0.2, 0) is 23.9 Å². The molecule has 1 fully saturated rings. The molecule has 1 atom stereocenters. The average Bonchev–Trinajstić information content (AvgIpc) is 3.61. The first-order chi connectivity index (χ1) is 17.8. The number of amides is 4. The van der Waals surface area contributed by atoms with E-state index in [4.69, 9.17) is 9.15 Å². The number of aryl methyl sites for hydroxylation is 2. The Hall–Kier alpha value is -4.87. The summed E-state index contributed by atoms with van der Waals surface area (Å²) in [6.07, 6.45) is 1.75. The molecule has 0 radical (unpaired) electrons. The number of nitrogens with one attached hydrogen (secondary N) is 3. The number of pyridine rings is 1. The molecule has 12 nitrogen and oxygen atoms in total. The molecule has 0 saturated carbocycles. The van der Waals surface area contributed by atoms with E-state index in [0.29, 0.717) is 28.2 Å². The molecule has 188 valence electrons. The third kappa shape index (κ3) is 3.56. The molecular weight excluding hydrogens is 478 g/mol. The lowest BCUT2D eigenvalue weighted by molar-refractivity contribution is -0.125. The smallest absolute Gasteiger partial charge is 0.322 e. The molecule has 1 saturated heterocycles. The molecule has 4 amide bonds. The Morgan fingerprint density at radius 2 is 2.03 bits per heavy atom. The minimum atomic E-state index is -1.62. The summed E-state index contributed by atoms with van der Waals surface area (Å²) in [5, 5.41) is 12.4. The van der Waals surface area contributed by atoms with Gasteiger partial charge in [0.15, 0.2) is 11.1 Å². The number of aromatic nitrogens is 3. The van der Waals surface area contributed by atoms with Gasteiger partial charge in [0.2, 0.25) is 0 Å². The second-order valence-corrected chi connectivity index (χ2v) is 9.11. The molecule has 5 heterocycles. The van der Waals surface area contributed by atoms with Gasteiger partial charge < -0.3 is 24.7 Å². The minimum absolute atomic E-state index is 0.125. The van der Waals surface area contributed by atoms with Gasteiger partial charge in [-0.1, -0.05) is 6.07 Å². The van der Waals surface area contributed by atoms with Crippen LogP contribution in [0.2, 0.25) is 0 Å². The molecule has 0 bridgehead atoms. The van der Waals surface area contributed by atoms with Gasteiger partial charge in [-0.05, 0) is 36.8 Å². The van der Waals surface area contributed by atoms with Crippen molar-refractivity contribution in [3.8, 4) is 5.75 Å². The molecule has 1 aromatic carbocycles. The molecule has 3 aromatic heterocycles. The van der Waals surface area contributed by atoms with Crippen molar-refractivity contribution in [1.82, 2.24) is 30.3 Å². The number of furan rings is 1. The summed E-state index contributed by atoms with van der Waals surface area (Å²) in [7, 11) is 3.35. The number of urea groups is 1. The Bertz CT molecular complexity index is 1590. The first-order valence-electron chi connectivity index (χ1n) is 11.5. The standard InChI is InChI=1S/C25H23N7O5/c1-13-10-26-31(2)21(13)28-20-7-6-18-17(27-20)9-19(37-18)25(23(34)29-24(35)30-25)12-32-11-14-4-5-15(36-3)8-16(14)22(32)33/h4-10H,11-12H2,1-3H3,(H,27,28)(H2,29,30,34,35)/t25-/m0/s1. The number of carbonyl (C=O) groups excluding carboxylic acids is 3. The van der Waals surface area contributed by atoms with Crippen molar-refractivity contribution in [3.05, 3.63) is 65.0 Å². The minimum Gasteiger partial charge on any atom is -0.497 e. The lowest BCUT2D eigenvalue weighted by Gasteiger charge is -2.28. The van der Waals surface area contributed by atoms with E-state index in [1.165, 1.54) is 12.0 Å². The number of fused-ring (bicyclic) bond motifs is 2. The van der Waals surface area contributed by atoms with Crippen LogP contribution in [0.5, 0.6) is 5.75 Å². The van der Waals surface area contributed by atoms with E-state index in [1.54, 1.807) is 41.2 Å². The average molecular weight is 502 g/mol. The Labute approximate surface area is 210 Å². The molecule has 0 unspecified atom stereocenters. The summed E-state index contributed by atoms with van der Waals surface area (Å²) < 4.78 is 13.0. The van der Waals surface area contributed by atoms with Crippen molar-refractivity contribution in [2.45, 2.75) is 19.0 Å². The fourth-order valence-corrected chi connectivity index (χ4v) is 4.79. The lowest BCUT2D eigenvalue weighted by Crippen LogP contribution is -2.52. The summed E-state index contributed by atoms with van der Waals surface area (Å²) in [5.74, 6) is 1.20. The van der Waals surface area contributed by atoms with Crippen molar-refractivity contribution < 1.29 is 23.5 Å². The zero-order valence-corrected chi connectivity index (χ0v) is 20.3. The molecule has 2 aliphatic rings. The first kappa shape index (κ1) is 22.6. The highest BCUT2D eigenvalue weighted by atomic mass is 16.5. The van der Waals surface area contributed by atoms with E-state index in [9.17, 15) is 14.4 Å². The fraction of sp³-hybridized carbons (Fsp3) is 0.240. The number of hydrogen-bond donors (Lipinski definition) is 3. The molecule has 4 aromatic rings. The summed E-state index contributed by atoms with van der Waals surface area (Å²) in [5.41, 5.74) is 1.54. The fourth-order valence-electron chi connectivity index (χ4n) is 4.79. The van der Waals surface area contributed by atoms with Crippen LogP contribution in [0, 0.1) is 6.92 Å². The largest absolute Gasteiger partial charge is 0.497 e. The van der Waals surface area contributed by atoms with Crippen molar-refractivity contribution in [2.75, 3.05) is 19.0 Å². The monoisotopic (exact) mass is 501 g/mol. The number of anilines is 2. The number of ether oxygens (including phenoxy) is 1. The maximum Gasteiger partial charge on any atom is 0.322 e. The van der Waals surface area contributed by atoms with Crippen LogP contribution < -0.4 is 20.7 Å². The summed E-state index contributed by atoms with van der Waals surface area (Å²) in [6, 6.07) is 9.67. The van der Waals surface area contributed by atoms with Crippen molar-refractivity contribution in [2.24, 2.45) is 7.05 Å². The lowest BCUT2D eigenvalue weighted by atomic mass is 9.95. The van der Waals surface area contributed by atoms with Crippen LogP contribution in [0.25, 0.3) is 11.1 Å². The van der Waals surface area contributed by atoms with Gasteiger partial charge in [-0.3, -0.25) is 19.6 Å². The SMILES string of the molecule is COc1ccc2c(c1)C(=O)N(C[C@@]1(c3cc4nc(Nc5c(C)cnn5C)ccc4o3)NC(=O)NC1=O)C2. The number of hydrogen-bond acceptors (Lipinski definition) is 8. The molecule has 2 aliphatic heterocycles. The molecule has 0 aliphatic carbocycles. The number of carbonyl (C=O) groups is 3. The van der Waals surface area contributed by atoms with E-state index >= 15 is 0 Å². The summed E-state index contributed by atoms with van der Waals surface area (Å²) >= 11 is 0. The Balaban J connectivity index is 1.35. The summed E-state index contributed by atoms with van der Waals surface area (Å²) in [6.45, 7) is 2.09. The predicted molar refractivity (Wildman–Crippen MR) is 131 cm³/mol. The Morgan fingerprint density at radius 1 is 1.19 bits per heavy atom. The van der Waals surface area contributed by atoms with Gasteiger partial charge >= 0.3 is 6.03 Å². The third-order valence-electron chi connectivity index (χ3n) is 6.73. The maximum atomic E-state index is 13.2. The van der Waals surface area contributed by atoms with Gasteiger partial charge in [-0.15, -0.1) is 0 Å². The van der Waals surface area contributed by atoms with Crippen LogP contribution in [0.15, 0.2) is 47.0 Å². The van der Waals surface area contributed by atoms with Gasteiger partial charge in [0, 0.05) is 30.8 Å². The van der Waals surface area contributed by atoms with E-state index in [-0.39, 0.29) is 24.8 Å². The van der Waals surface area contributed by atoms with E-state index in [1.807, 2.05) is 20.0 Å². The normalized spacial score (nSPS) is 18.8. The number of imide groups is 1. The van der Waals surface area contributed by atoms with Crippen molar-refractivity contribution >= 4 is 40.6 Å². The Kier molecular flexibility index (Phi) is 4.93. The van der Waals surface area contributed by atoms with Crippen LogP contribution in [0.3, 0.4) is 0 Å². The zero-order valence-electron chi connectivity index (χ0n) is 20.3. The van der Waals surface area contributed by atoms with Gasteiger partial charge in [-0.25, -0.2) is 9.78 Å². The van der Waals surface area contributed by atoms with Gasteiger partial charge in [0.1, 0.15) is 28.7 Å². The topological polar surface area (TPSA) is 144 Å². The molecular formula is C25H23N7O5. The van der Waals surface area contributed by atoms with E-state index in [2.05, 4.69) is 26.0 Å². The second kappa shape index (κ2) is 8.08. The Morgan fingerprint density at radius 3 is 2.73 bits per heavy atom. The van der Waals surface area contributed by atoms with E-state index in [0.717, 1.165) is 16.9 Å². The van der Waals surface area contributed by atoms with Crippen LogP contribution in [0.1, 0.15) is 27.2 Å². The molecule has 6 rings (SSSR count). The van der Waals surface area contributed by atoms with Crippen LogP contribution in [0.4, 0.5) is 16.4 Å². The summed E-state index contributed by atoms with van der Waals surface area (Å²) in [4.78, 5) is 44.7. The number of benzene rings is 1. The molecule has 12 heteroatoms. The van der Waals surface area contributed by atoms with Crippen molar-refractivity contribution in [1.29, 1.82) is 0 Å². The number of methoxy groups -OCH3 is 1. The van der Waals surface area contributed by atoms with Crippen molar-refractivity contribution in [3.63, 3.8) is 0 Å². The molecule has 3 N–H and O–H groups in total. The van der Waals surface area contributed by atoms with Gasteiger partial charge in [0.05, 0.1) is 19.9 Å². The van der Waals surface area contributed by atoms with E-state index < -0.39 is 17.5 Å². The molecule has 37 heavy (non-hydrogen) atoms. The van der Waals surface area contributed by atoms with Crippen LogP contribution >= 0.6 is 0 Å². The van der Waals surface area contributed by atoms with Gasteiger partial charge in [-0.2, -0.15) is 5.10 Å². The highest BCUT2D eigenvalue weighted by Crippen LogP contribution is 2.35. The first-order valence-corrected chi connectivity index (χ1v) is 11.5. The maximum absolute atomic E-state index is 13.2. The highest BCUT2D eigenvalue weighted by Gasteiger charge is 2.53. The highest BCUT2D eigenvalue weighted by molar-refractivity contribution is 6.08. The van der Waals surface area contributed by atoms with Crippen LogP contribution in [-0.4, -0.2) is 51.2 Å². The quantitative estimate of drug-likeness (QED) is 0.342. The van der Waals surface area contributed by atoms with Gasteiger partial charge in [0.25, 0.3) is 11.8 Å². The third-order valence-corrected chi connectivity index (χ3v) is 6.73. The number of rotatable bonds is 6. The second-order valence-electron chi connectivity index (χ2n) is 9.11. The zero-order chi connectivity index (χ0) is 25.9.